The summed E-state index contributed by atoms with van der Waals surface area (Å²) >= 11 is 3.28. The van der Waals surface area contributed by atoms with E-state index >= 15 is 0 Å². The van der Waals surface area contributed by atoms with Crippen LogP contribution in [0.2, 0.25) is 0 Å². The molecule has 6 nitrogen and oxygen atoms in total. The number of thioether (sulfide) groups is 1. The van der Waals surface area contributed by atoms with Gasteiger partial charge in [-0.2, -0.15) is 11.8 Å². The van der Waals surface area contributed by atoms with Crippen LogP contribution in [0.3, 0.4) is 0 Å². The number of nitrogens with one attached hydrogen (secondary N) is 1. The summed E-state index contributed by atoms with van der Waals surface area (Å²) in [6, 6.07) is 4.15. The molecule has 2 atom stereocenters. The summed E-state index contributed by atoms with van der Waals surface area (Å²) < 4.78 is 0. The fourth-order valence-electron chi connectivity index (χ4n) is 2.34. The van der Waals surface area contributed by atoms with Crippen molar-refractivity contribution in [1.29, 1.82) is 0 Å². The molecule has 1 N–H and O–H groups in total. The number of pyridine rings is 1. The van der Waals surface area contributed by atoms with Gasteiger partial charge in [-0.05, 0) is 19.1 Å². The molecule has 0 spiro atoms. The average molecular weight is 335 g/mol. The van der Waals surface area contributed by atoms with Crippen LogP contribution in [0.4, 0.5) is 10.9 Å². The number of rotatable bonds is 3. The van der Waals surface area contributed by atoms with Gasteiger partial charge in [-0.1, -0.05) is 18.3 Å². The van der Waals surface area contributed by atoms with Crippen molar-refractivity contribution in [3.05, 3.63) is 29.4 Å². The minimum absolute atomic E-state index is 0.216. The van der Waals surface area contributed by atoms with E-state index in [4.69, 9.17) is 0 Å². The minimum Gasteiger partial charge on any atom is -0.352 e. The molecule has 3 rings (SSSR count). The molecule has 0 bridgehead atoms. The van der Waals surface area contributed by atoms with Crippen molar-refractivity contribution in [1.82, 2.24) is 15.2 Å². The maximum atomic E-state index is 12.1. The number of aromatic nitrogens is 3. The van der Waals surface area contributed by atoms with E-state index in [2.05, 4.69) is 39.2 Å². The van der Waals surface area contributed by atoms with Crippen molar-refractivity contribution in [3.63, 3.8) is 0 Å². The zero-order valence-electron chi connectivity index (χ0n) is 12.4. The molecule has 2 aromatic heterocycles. The predicted octanol–water partition coefficient (Wildman–Crippen LogP) is 2.52. The number of hydrogen-bond donors (Lipinski definition) is 1. The van der Waals surface area contributed by atoms with Crippen LogP contribution in [-0.2, 0) is 0 Å². The standard InChI is InChI=1S/C14H17N5OS2/c1-9-10(2)21-6-5-19(9)12-4-3-11(7-15-12)13(20)17-14-18-16-8-22-14/h3-4,7-10H,5-6H2,1-2H3,(H,17,18,20). The Balaban J connectivity index is 1.71. The Hall–Kier alpha value is -1.67. The first-order chi connectivity index (χ1) is 10.6. The van der Waals surface area contributed by atoms with Gasteiger partial charge in [0.05, 0.1) is 5.56 Å². The molecule has 1 saturated heterocycles. The lowest BCUT2D eigenvalue weighted by molar-refractivity contribution is 0.102. The first kappa shape index (κ1) is 15.2. The van der Waals surface area contributed by atoms with E-state index in [1.165, 1.54) is 11.3 Å². The topological polar surface area (TPSA) is 71.0 Å². The summed E-state index contributed by atoms with van der Waals surface area (Å²) in [6.45, 7) is 5.44. The lowest BCUT2D eigenvalue weighted by atomic mass is 10.2. The van der Waals surface area contributed by atoms with Crippen LogP contribution in [-0.4, -0.2) is 44.7 Å². The van der Waals surface area contributed by atoms with Crippen LogP contribution in [0.5, 0.6) is 0 Å². The van der Waals surface area contributed by atoms with Crippen molar-refractivity contribution in [2.45, 2.75) is 25.1 Å². The molecule has 116 valence electrons. The molecule has 22 heavy (non-hydrogen) atoms. The molecule has 3 heterocycles. The van der Waals surface area contributed by atoms with Crippen LogP contribution in [0.15, 0.2) is 23.8 Å². The van der Waals surface area contributed by atoms with E-state index < -0.39 is 0 Å². The molecule has 1 fully saturated rings. The maximum Gasteiger partial charge on any atom is 0.259 e. The van der Waals surface area contributed by atoms with E-state index in [1.54, 1.807) is 17.8 Å². The van der Waals surface area contributed by atoms with E-state index in [0.717, 1.165) is 18.1 Å². The van der Waals surface area contributed by atoms with Gasteiger partial charge >= 0.3 is 0 Å². The zero-order valence-corrected chi connectivity index (χ0v) is 14.0. The van der Waals surface area contributed by atoms with Crippen LogP contribution < -0.4 is 10.2 Å². The molecular formula is C14H17N5OS2. The second-order valence-electron chi connectivity index (χ2n) is 5.11. The van der Waals surface area contributed by atoms with Gasteiger partial charge in [-0.25, -0.2) is 4.98 Å². The molecule has 0 saturated carbocycles. The summed E-state index contributed by atoms with van der Waals surface area (Å²) in [5.41, 5.74) is 2.10. The van der Waals surface area contributed by atoms with Crippen LogP contribution in [0, 0.1) is 0 Å². The summed E-state index contributed by atoms with van der Waals surface area (Å²) in [5, 5.41) is 11.3. The van der Waals surface area contributed by atoms with Gasteiger partial charge in [0.15, 0.2) is 0 Å². The number of carbonyl (C=O) groups is 1. The Morgan fingerprint density at radius 2 is 2.27 bits per heavy atom. The van der Waals surface area contributed by atoms with Crippen LogP contribution in [0.1, 0.15) is 24.2 Å². The molecule has 0 aliphatic carbocycles. The van der Waals surface area contributed by atoms with Crippen molar-refractivity contribution < 1.29 is 4.79 Å². The van der Waals surface area contributed by atoms with Crippen molar-refractivity contribution in [3.8, 4) is 0 Å². The Morgan fingerprint density at radius 3 is 2.95 bits per heavy atom. The lowest BCUT2D eigenvalue weighted by Crippen LogP contribution is -2.45. The second-order valence-corrected chi connectivity index (χ2v) is 7.43. The normalized spacial score (nSPS) is 21.6. The molecular weight excluding hydrogens is 318 g/mol. The van der Waals surface area contributed by atoms with E-state index in [-0.39, 0.29) is 5.91 Å². The van der Waals surface area contributed by atoms with Gasteiger partial charge in [-0.3, -0.25) is 10.1 Å². The monoisotopic (exact) mass is 335 g/mol. The Kier molecular flexibility index (Phi) is 4.58. The molecule has 8 heteroatoms. The van der Waals surface area contributed by atoms with E-state index in [1.807, 2.05) is 17.8 Å². The van der Waals surface area contributed by atoms with Crippen molar-refractivity contribution >= 4 is 40.0 Å². The van der Waals surface area contributed by atoms with Gasteiger partial charge in [0.25, 0.3) is 5.91 Å². The molecule has 2 unspecified atom stereocenters. The van der Waals surface area contributed by atoms with Crippen molar-refractivity contribution in [2.24, 2.45) is 0 Å². The lowest BCUT2D eigenvalue weighted by Gasteiger charge is -2.38. The predicted molar refractivity (Wildman–Crippen MR) is 90.8 cm³/mol. The first-order valence-corrected chi connectivity index (χ1v) is 9.00. The van der Waals surface area contributed by atoms with Gasteiger partial charge in [0.1, 0.15) is 11.3 Å². The first-order valence-electron chi connectivity index (χ1n) is 7.07. The van der Waals surface area contributed by atoms with E-state index in [9.17, 15) is 4.79 Å². The van der Waals surface area contributed by atoms with E-state index in [0.29, 0.717) is 22.0 Å². The van der Waals surface area contributed by atoms with Gasteiger partial charge < -0.3 is 4.90 Å². The Morgan fingerprint density at radius 1 is 1.41 bits per heavy atom. The molecule has 0 aromatic carbocycles. The Labute approximate surface area is 137 Å². The number of anilines is 2. The SMILES string of the molecule is CC1SCCN(c2ccc(C(=O)Nc3nncs3)cn2)C1C. The maximum absolute atomic E-state index is 12.1. The fourth-order valence-corrected chi connectivity index (χ4v) is 3.88. The highest BCUT2D eigenvalue weighted by Crippen LogP contribution is 2.27. The molecule has 1 aliphatic rings. The minimum atomic E-state index is -0.216. The zero-order chi connectivity index (χ0) is 15.5. The highest BCUT2D eigenvalue weighted by Gasteiger charge is 2.26. The third-order valence-corrected chi connectivity index (χ3v) is 5.71. The fraction of sp³-hybridized carbons (Fsp3) is 0.429. The smallest absolute Gasteiger partial charge is 0.259 e. The average Bonchev–Trinajstić information content (AvgIpc) is 3.03. The largest absolute Gasteiger partial charge is 0.352 e. The summed E-state index contributed by atoms with van der Waals surface area (Å²) in [7, 11) is 0. The number of nitrogens with zero attached hydrogens (tertiary/aromatic N) is 4. The number of carbonyl (C=O) groups excluding carboxylic acids is 1. The Bertz CT molecular complexity index is 631. The van der Waals surface area contributed by atoms with Gasteiger partial charge in [0, 0.05) is 29.8 Å². The summed E-state index contributed by atoms with van der Waals surface area (Å²) in [4.78, 5) is 18.8. The second kappa shape index (κ2) is 6.62. The van der Waals surface area contributed by atoms with Gasteiger partial charge in [-0.15, -0.1) is 10.2 Å². The molecule has 2 aromatic rings. The highest BCUT2D eigenvalue weighted by atomic mass is 32.2. The third-order valence-electron chi connectivity index (χ3n) is 3.77. The van der Waals surface area contributed by atoms with Gasteiger partial charge in [0.2, 0.25) is 5.13 Å². The molecule has 0 radical (unpaired) electrons. The van der Waals surface area contributed by atoms with Crippen LogP contribution >= 0.6 is 23.1 Å². The third kappa shape index (κ3) is 3.22. The summed E-state index contributed by atoms with van der Waals surface area (Å²) in [6.07, 6.45) is 1.62. The highest BCUT2D eigenvalue weighted by molar-refractivity contribution is 8.00. The quantitative estimate of drug-likeness (QED) is 0.929. The van der Waals surface area contributed by atoms with Crippen molar-refractivity contribution in [2.75, 3.05) is 22.5 Å². The number of hydrogen-bond acceptors (Lipinski definition) is 7. The number of amides is 1. The molecule has 1 aliphatic heterocycles. The molecule has 1 amide bonds. The summed E-state index contributed by atoms with van der Waals surface area (Å²) in [5.74, 6) is 1.81. The van der Waals surface area contributed by atoms with Crippen LogP contribution in [0.25, 0.3) is 0 Å².